The Morgan fingerprint density at radius 2 is 2.18 bits per heavy atom. The molecule has 2 rings (SSSR count). The summed E-state index contributed by atoms with van der Waals surface area (Å²) in [6.45, 7) is -0.454. The highest BCUT2D eigenvalue weighted by atomic mass is 35.5. The fourth-order valence-electron chi connectivity index (χ4n) is 1.69. The van der Waals surface area contributed by atoms with Crippen molar-refractivity contribution in [3.8, 4) is 0 Å². The van der Waals surface area contributed by atoms with E-state index in [1.165, 1.54) is 0 Å². The number of hydrogen-bond acceptors (Lipinski definition) is 6. The van der Waals surface area contributed by atoms with E-state index < -0.39 is 36.7 Å². The van der Waals surface area contributed by atoms with Gasteiger partial charge < -0.3 is 20.1 Å². The Morgan fingerprint density at radius 1 is 1.47 bits per heavy atom. The first-order valence-electron chi connectivity index (χ1n) is 4.90. The molecule has 0 radical (unpaired) electrons. The van der Waals surface area contributed by atoms with Gasteiger partial charge >= 0.3 is 0 Å². The van der Waals surface area contributed by atoms with Crippen molar-refractivity contribution in [1.29, 1.82) is 0 Å². The summed E-state index contributed by atoms with van der Waals surface area (Å²) in [5, 5.41) is 28.2. The second kappa shape index (κ2) is 4.71. The molecule has 17 heavy (non-hydrogen) atoms. The van der Waals surface area contributed by atoms with Crippen molar-refractivity contribution in [2.24, 2.45) is 0 Å². The van der Waals surface area contributed by atoms with E-state index in [2.05, 4.69) is 4.98 Å². The van der Waals surface area contributed by atoms with E-state index >= 15 is 0 Å². The molecule has 0 bridgehead atoms. The zero-order valence-corrected chi connectivity index (χ0v) is 9.36. The predicted molar refractivity (Wildman–Crippen MR) is 56.5 cm³/mol. The number of halogens is 1. The summed E-state index contributed by atoms with van der Waals surface area (Å²) in [5.74, 6) is 0. The minimum atomic E-state index is -1.31. The summed E-state index contributed by atoms with van der Waals surface area (Å²) in [6.07, 6.45) is -3.47. The Morgan fingerprint density at radius 3 is 2.71 bits per heavy atom. The Labute approximate surface area is 101 Å². The summed E-state index contributed by atoms with van der Waals surface area (Å²) < 4.78 is 6.18. The minimum absolute atomic E-state index is 0.0259. The Hall–Kier alpha value is -0.990. The molecule has 0 unspecified atom stereocenters. The van der Waals surface area contributed by atoms with Crippen molar-refractivity contribution in [2.75, 3.05) is 6.61 Å². The van der Waals surface area contributed by atoms with Crippen LogP contribution in [-0.2, 0) is 4.74 Å². The largest absolute Gasteiger partial charge is 0.394 e. The standard InChI is InChI=1S/C9H11ClN2O5/c10-5-1-6(14)12(3-11-5)9-8(16)7(15)4(2-13)17-9/h1,3-4,7-9,13,15-16H,2H2/t4-,7+,8+,9-/m0/s1. The maximum Gasteiger partial charge on any atom is 0.257 e. The van der Waals surface area contributed by atoms with Gasteiger partial charge in [-0.15, -0.1) is 0 Å². The van der Waals surface area contributed by atoms with Gasteiger partial charge in [0, 0.05) is 6.07 Å². The van der Waals surface area contributed by atoms with E-state index in [1.54, 1.807) is 0 Å². The van der Waals surface area contributed by atoms with Crippen LogP contribution in [0.4, 0.5) is 0 Å². The third kappa shape index (κ3) is 2.20. The second-order valence-electron chi connectivity index (χ2n) is 3.69. The van der Waals surface area contributed by atoms with Gasteiger partial charge in [-0.25, -0.2) is 4.98 Å². The number of nitrogens with zero attached hydrogens (tertiary/aromatic N) is 2. The first-order valence-corrected chi connectivity index (χ1v) is 5.28. The van der Waals surface area contributed by atoms with E-state index in [1.807, 2.05) is 0 Å². The average Bonchev–Trinajstić information content (AvgIpc) is 2.57. The van der Waals surface area contributed by atoms with Gasteiger partial charge in [-0.1, -0.05) is 11.6 Å². The number of aromatic nitrogens is 2. The van der Waals surface area contributed by atoms with E-state index in [0.29, 0.717) is 0 Å². The van der Waals surface area contributed by atoms with Crippen molar-refractivity contribution in [2.45, 2.75) is 24.5 Å². The third-order valence-corrected chi connectivity index (χ3v) is 2.80. The molecule has 2 heterocycles. The lowest BCUT2D eigenvalue weighted by molar-refractivity contribution is -0.0548. The molecule has 0 spiro atoms. The molecule has 1 aromatic heterocycles. The van der Waals surface area contributed by atoms with Gasteiger partial charge in [0.1, 0.15) is 29.8 Å². The van der Waals surface area contributed by atoms with Gasteiger partial charge in [0.15, 0.2) is 6.23 Å². The first kappa shape index (κ1) is 12.5. The molecule has 3 N–H and O–H groups in total. The highest BCUT2D eigenvalue weighted by Crippen LogP contribution is 2.27. The normalized spacial score (nSPS) is 32.9. The quantitative estimate of drug-likeness (QED) is 0.561. The fourth-order valence-corrected chi connectivity index (χ4v) is 1.83. The molecule has 1 aromatic rings. The molecule has 7 nitrogen and oxygen atoms in total. The van der Waals surface area contributed by atoms with Gasteiger partial charge in [0.25, 0.3) is 5.56 Å². The van der Waals surface area contributed by atoms with Gasteiger partial charge in [-0.05, 0) is 0 Å². The molecular weight excluding hydrogens is 252 g/mol. The highest BCUT2D eigenvalue weighted by Gasteiger charge is 2.43. The van der Waals surface area contributed by atoms with Gasteiger partial charge in [-0.2, -0.15) is 0 Å². The molecule has 4 atom stereocenters. The maximum absolute atomic E-state index is 11.6. The van der Waals surface area contributed by atoms with Crippen LogP contribution in [0.3, 0.4) is 0 Å². The Kier molecular flexibility index (Phi) is 3.45. The monoisotopic (exact) mass is 262 g/mol. The number of aliphatic hydroxyl groups excluding tert-OH is 3. The molecule has 8 heteroatoms. The average molecular weight is 263 g/mol. The van der Waals surface area contributed by atoms with Crippen LogP contribution in [0.15, 0.2) is 17.2 Å². The Balaban J connectivity index is 2.32. The third-order valence-electron chi connectivity index (χ3n) is 2.59. The number of hydrogen-bond donors (Lipinski definition) is 3. The molecule has 1 fully saturated rings. The van der Waals surface area contributed by atoms with E-state index in [9.17, 15) is 15.0 Å². The zero-order valence-electron chi connectivity index (χ0n) is 8.60. The summed E-state index contributed by atoms with van der Waals surface area (Å²) in [6, 6.07) is 1.07. The van der Waals surface area contributed by atoms with Crippen molar-refractivity contribution in [3.63, 3.8) is 0 Å². The molecule has 0 amide bonds. The lowest BCUT2D eigenvalue weighted by Gasteiger charge is -2.16. The van der Waals surface area contributed by atoms with Crippen LogP contribution in [0.2, 0.25) is 5.15 Å². The smallest absolute Gasteiger partial charge is 0.257 e. The van der Waals surface area contributed by atoms with E-state index in [0.717, 1.165) is 17.0 Å². The van der Waals surface area contributed by atoms with Crippen LogP contribution >= 0.6 is 11.6 Å². The molecule has 1 aliphatic heterocycles. The lowest BCUT2D eigenvalue weighted by atomic mass is 10.1. The minimum Gasteiger partial charge on any atom is -0.394 e. The molecule has 0 aliphatic carbocycles. The molecule has 0 saturated carbocycles. The van der Waals surface area contributed by atoms with Crippen LogP contribution in [0, 0.1) is 0 Å². The van der Waals surface area contributed by atoms with Gasteiger partial charge in [0.05, 0.1) is 6.61 Å². The SMILES string of the molecule is O=c1cc(Cl)ncn1[C@H]1O[C@@H](CO)[C@@H](O)[C@H]1O. The van der Waals surface area contributed by atoms with E-state index in [-0.39, 0.29) is 5.15 Å². The summed E-state index contributed by atoms with van der Waals surface area (Å²) in [7, 11) is 0. The van der Waals surface area contributed by atoms with Crippen LogP contribution < -0.4 is 5.56 Å². The van der Waals surface area contributed by atoms with Crippen molar-refractivity contribution in [1.82, 2.24) is 9.55 Å². The molecular formula is C9H11ClN2O5. The summed E-state index contributed by atoms with van der Waals surface area (Å²) >= 11 is 5.53. The first-order chi connectivity index (χ1) is 8.04. The summed E-state index contributed by atoms with van der Waals surface area (Å²) in [5.41, 5.74) is -0.514. The topological polar surface area (TPSA) is 105 Å². The molecule has 1 aliphatic rings. The fraction of sp³-hybridized carbons (Fsp3) is 0.556. The van der Waals surface area contributed by atoms with Crippen LogP contribution in [0.1, 0.15) is 6.23 Å². The van der Waals surface area contributed by atoms with Crippen LogP contribution in [0.25, 0.3) is 0 Å². The Bertz CT molecular complexity index is 465. The number of rotatable bonds is 2. The van der Waals surface area contributed by atoms with Crippen molar-refractivity contribution in [3.05, 3.63) is 27.9 Å². The van der Waals surface area contributed by atoms with Crippen molar-refractivity contribution < 1.29 is 20.1 Å². The molecule has 94 valence electrons. The number of aliphatic hydroxyl groups is 3. The molecule has 1 saturated heterocycles. The van der Waals surface area contributed by atoms with Crippen LogP contribution in [0.5, 0.6) is 0 Å². The highest BCUT2D eigenvalue weighted by molar-refractivity contribution is 6.29. The van der Waals surface area contributed by atoms with Gasteiger partial charge in [-0.3, -0.25) is 9.36 Å². The number of ether oxygens (including phenoxy) is 1. The maximum atomic E-state index is 11.6. The second-order valence-corrected chi connectivity index (χ2v) is 4.07. The lowest BCUT2D eigenvalue weighted by Crippen LogP contribution is -2.35. The molecule has 0 aromatic carbocycles. The van der Waals surface area contributed by atoms with Crippen LogP contribution in [-0.4, -0.2) is 49.8 Å². The zero-order chi connectivity index (χ0) is 12.6. The van der Waals surface area contributed by atoms with Gasteiger partial charge in [0.2, 0.25) is 0 Å². The van der Waals surface area contributed by atoms with E-state index in [4.69, 9.17) is 21.4 Å². The predicted octanol–water partition coefficient (Wildman–Crippen LogP) is -1.49. The van der Waals surface area contributed by atoms with Crippen molar-refractivity contribution >= 4 is 11.6 Å². The summed E-state index contributed by atoms with van der Waals surface area (Å²) in [4.78, 5) is 15.3.